The highest BCUT2D eigenvalue weighted by Crippen LogP contribution is 2.35. The number of fused-ring (bicyclic) bond motifs is 1. The molecule has 0 saturated heterocycles. The topological polar surface area (TPSA) is 64.3 Å². The number of halogens is 1. The molecular formula is C14H17BrN2O2S. The van der Waals surface area contributed by atoms with Crippen LogP contribution in [0.1, 0.15) is 23.0 Å². The molecule has 0 fully saturated rings. The molecule has 2 rings (SSSR count). The SMILES string of the molecule is CCC(COC)NC(=O)c1sc2ccc(Br)cc2c1N. The van der Waals surface area contributed by atoms with E-state index in [0.717, 1.165) is 21.0 Å². The summed E-state index contributed by atoms with van der Waals surface area (Å²) in [5.74, 6) is -0.135. The Hall–Kier alpha value is -1.11. The Bertz CT molecular complexity index is 627. The summed E-state index contributed by atoms with van der Waals surface area (Å²) < 4.78 is 7.05. The van der Waals surface area contributed by atoms with Crippen LogP contribution in [-0.4, -0.2) is 25.7 Å². The standard InChI is InChI=1S/C14H17BrN2O2S/c1-3-9(7-19-2)17-14(18)13-12(16)10-6-8(15)4-5-11(10)20-13/h4-6,9H,3,7,16H2,1-2H3,(H,17,18). The van der Waals surface area contributed by atoms with E-state index in [-0.39, 0.29) is 11.9 Å². The van der Waals surface area contributed by atoms with Gasteiger partial charge in [-0.05, 0) is 24.6 Å². The number of rotatable bonds is 5. The van der Waals surface area contributed by atoms with Crippen molar-refractivity contribution in [3.63, 3.8) is 0 Å². The van der Waals surface area contributed by atoms with Gasteiger partial charge < -0.3 is 15.8 Å². The molecule has 0 aliphatic carbocycles. The van der Waals surface area contributed by atoms with Crippen LogP contribution in [0, 0.1) is 0 Å². The molecule has 0 aliphatic heterocycles. The molecular weight excluding hydrogens is 340 g/mol. The molecule has 0 spiro atoms. The summed E-state index contributed by atoms with van der Waals surface area (Å²) in [7, 11) is 1.63. The van der Waals surface area contributed by atoms with Crippen molar-refractivity contribution < 1.29 is 9.53 Å². The number of thiophene rings is 1. The second kappa shape index (κ2) is 6.56. The normalized spacial score (nSPS) is 12.6. The zero-order chi connectivity index (χ0) is 14.7. The Balaban J connectivity index is 2.28. The van der Waals surface area contributed by atoms with Crippen molar-refractivity contribution in [2.24, 2.45) is 0 Å². The average Bonchev–Trinajstić information content (AvgIpc) is 2.75. The van der Waals surface area contributed by atoms with Crippen molar-refractivity contribution in [3.8, 4) is 0 Å². The van der Waals surface area contributed by atoms with Crippen LogP contribution in [-0.2, 0) is 4.74 Å². The quantitative estimate of drug-likeness (QED) is 0.862. The first-order chi connectivity index (χ1) is 9.56. The summed E-state index contributed by atoms with van der Waals surface area (Å²) in [6.45, 7) is 2.51. The van der Waals surface area contributed by atoms with E-state index in [9.17, 15) is 4.79 Å². The molecule has 1 aromatic heterocycles. The van der Waals surface area contributed by atoms with Crippen LogP contribution >= 0.6 is 27.3 Å². The number of carbonyl (C=O) groups excluding carboxylic acids is 1. The van der Waals surface area contributed by atoms with E-state index in [1.165, 1.54) is 11.3 Å². The number of nitrogens with one attached hydrogen (secondary N) is 1. The molecule has 0 aliphatic rings. The second-order valence-corrected chi connectivity index (χ2v) is 6.49. The molecule has 1 aromatic carbocycles. The predicted octanol–water partition coefficient (Wildman–Crippen LogP) is 3.40. The lowest BCUT2D eigenvalue weighted by Crippen LogP contribution is -2.37. The second-order valence-electron chi connectivity index (χ2n) is 4.52. The maximum atomic E-state index is 12.3. The van der Waals surface area contributed by atoms with Gasteiger partial charge in [0.2, 0.25) is 0 Å². The largest absolute Gasteiger partial charge is 0.397 e. The Morgan fingerprint density at radius 3 is 2.95 bits per heavy atom. The van der Waals surface area contributed by atoms with Gasteiger partial charge in [0.1, 0.15) is 4.88 Å². The first-order valence-corrected chi connectivity index (χ1v) is 7.95. The molecule has 108 valence electrons. The van der Waals surface area contributed by atoms with Crippen molar-refractivity contribution in [1.82, 2.24) is 5.32 Å². The first-order valence-electron chi connectivity index (χ1n) is 6.34. The minimum absolute atomic E-state index is 0.00356. The molecule has 6 heteroatoms. The van der Waals surface area contributed by atoms with Gasteiger partial charge in [-0.2, -0.15) is 0 Å². The summed E-state index contributed by atoms with van der Waals surface area (Å²) in [5, 5.41) is 3.87. The van der Waals surface area contributed by atoms with E-state index in [1.807, 2.05) is 25.1 Å². The van der Waals surface area contributed by atoms with Gasteiger partial charge in [-0.3, -0.25) is 4.79 Å². The highest BCUT2D eigenvalue weighted by atomic mass is 79.9. The third-order valence-corrected chi connectivity index (χ3v) is 4.77. The minimum atomic E-state index is -0.135. The summed E-state index contributed by atoms with van der Waals surface area (Å²) >= 11 is 4.83. The molecule has 0 bridgehead atoms. The fourth-order valence-corrected chi connectivity index (χ4v) is 3.34. The lowest BCUT2D eigenvalue weighted by molar-refractivity contribution is 0.0899. The van der Waals surface area contributed by atoms with E-state index in [1.54, 1.807) is 7.11 Å². The van der Waals surface area contributed by atoms with Crippen LogP contribution in [0.4, 0.5) is 5.69 Å². The summed E-state index contributed by atoms with van der Waals surface area (Å²) in [5.41, 5.74) is 6.64. The summed E-state index contributed by atoms with van der Waals surface area (Å²) in [4.78, 5) is 12.9. The number of carbonyl (C=O) groups is 1. The molecule has 1 amide bonds. The number of benzene rings is 1. The zero-order valence-corrected chi connectivity index (χ0v) is 13.8. The number of amides is 1. The van der Waals surface area contributed by atoms with Crippen LogP contribution < -0.4 is 11.1 Å². The Morgan fingerprint density at radius 1 is 1.55 bits per heavy atom. The number of nitrogen functional groups attached to an aromatic ring is 1. The van der Waals surface area contributed by atoms with Gasteiger partial charge in [0.15, 0.2) is 0 Å². The minimum Gasteiger partial charge on any atom is -0.397 e. The van der Waals surface area contributed by atoms with E-state index in [0.29, 0.717) is 17.2 Å². The first kappa shape index (κ1) is 15.3. The molecule has 1 unspecified atom stereocenters. The van der Waals surface area contributed by atoms with E-state index >= 15 is 0 Å². The lowest BCUT2D eigenvalue weighted by Gasteiger charge is -2.15. The summed E-state index contributed by atoms with van der Waals surface area (Å²) in [6.07, 6.45) is 0.815. The van der Waals surface area contributed by atoms with Gasteiger partial charge >= 0.3 is 0 Å². The zero-order valence-electron chi connectivity index (χ0n) is 11.4. The molecule has 20 heavy (non-hydrogen) atoms. The van der Waals surface area contributed by atoms with Crippen molar-refractivity contribution >= 4 is 48.9 Å². The van der Waals surface area contributed by atoms with Gasteiger partial charge in [-0.25, -0.2) is 0 Å². The molecule has 4 nitrogen and oxygen atoms in total. The number of ether oxygens (including phenoxy) is 1. The van der Waals surface area contributed by atoms with Gasteiger partial charge in [0, 0.05) is 21.7 Å². The Kier molecular flexibility index (Phi) is 5.01. The monoisotopic (exact) mass is 356 g/mol. The van der Waals surface area contributed by atoms with Crippen molar-refractivity contribution in [2.75, 3.05) is 19.5 Å². The van der Waals surface area contributed by atoms with E-state index in [2.05, 4.69) is 21.2 Å². The van der Waals surface area contributed by atoms with Crippen LogP contribution in [0.25, 0.3) is 10.1 Å². The van der Waals surface area contributed by atoms with Crippen LogP contribution in [0.15, 0.2) is 22.7 Å². The third kappa shape index (κ3) is 3.13. The lowest BCUT2D eigenvalue weighted by atomic mass is 10.2. The van der Waals surface area contributed by atoms with Gasteiger partial charge in [-0.15, -0.1) is 11.3 Å². The van der Waals surface area contributed by atoms with Crippen molar-refractivity contribution in [1.29, 1.82) is 0 Å². The van der Waals surface area contributed by atoms with Crippen molar-refractivity contribution in [3.05, 3.63) is 27.5 Å². The molecule has 1 heterocycles. The summed E-state index contributed by atoms with van der Waals surface area (Å²) in [6, 6.07) is 5.84. The smallest absolute Gasteiger partial charge is 0.263 e. The van der Waals surface area contributed by atoms with Gasteiger partial charge in [-0.1, -0.05) is 22.9 Å². The predicted molar refractivity (Wildman–Crippen MR) is 87.4 cm³/mol. The highest BCUT2D eigenvalue weighted by Gasteiger charge is 2.19. The number of methoxy groups -OCH3 is 1. The highest BCUT2D eigenvalue weighted by molar-refractivity contribution is 9.10. The van der Waals surface area contributed by atoms with Gasteiger partial charge in [0.25, 0.3) is 5.91 Å². The number of anilines is 1. The maximum Gasteiger partial charge on any atom is 0.263 e. The van der Waals surface area contributed by atoms with Crippen molar-refractivity contribution in [2.45, 2.75) is 19.4 Å². The number of hydrogen-bond acceptors (Lipinski definition) is 4. The Labute approximate surface area is 130 Å². The number of hydrogen-bond donors (Lipinski definition) is 2. The van der Waals surface area contributed by atoms with Crippen LogP contribution in [0.5, 0.6) is 0 Å². The average molecular weight is 357 g/mol. The molecule has 1 atom stereocenters. The molecule has 0 radical (unpaired) electrons. The van der Waals surface area contributed by atoms with Crippen LogP contribution in [0.2, 0.25) is 0 Å². The molecule has 3 N–H and O–H groups in total. The third-order valence-electron chi connectivity index (χ3n) is 3.09. The maximum absolute atomic E-state index is 12.3. The van der Waals surface area contributed by atoms with Gasteiger partial charge in [0.05, 0.1) is 18.3 Å². The molecule has 2 aromatic rings. The van der Waals surface area contributed by atoms with E-state index < -0.39 is 0 Å². The fourth-order valence-electron chi connectivity index (χ4n) is 1.97. The molecule has 0 saturated carbocycles. The number of nitrogens with two attached hydrogens (primary N) is 1. The Morgan fingerprint density at radius 2 is 2.30 bits per heavy atom. The van der Waals surface area contributed by atoms with E-state index in [4.69, 9.17) is 10.5 Å². The van der Waals surface area contributed by atoms with Crippen LogP contribution in [0.3, 0.4) is 0 Å². The fraction of sp³-hybridized carbons (Fsp3) is 0.357.